The highest BCUT2D eigenvalue weighted by Crippen LogP contribution is 2.13. The van der Waals surface area contributed by atoms with Crippen LogP contribution in [0.15, 0.2) is 21.2 Å². The van der Waals surface area contributed by atoms with Crippen LogP contribution in [0.25, 0.3) is 0 Å². The van der Waals surface area contributed by atoms with Gasteiger partial charge in [-0.1, -0.05) is 0 Å². The third kappa shape index (κ3) is 2.35. The highest BCUT2D eigenvalue weighted by atomic mass is 79.9. The highest BCUT2D eigenvalue weighted by Gasteiger charge is 2.08. The van der Waals surface area contributed by atoms with Crippen molar-refractivity contribution in [2.75, 3.05) is 13.2 Å². The number of nitrogens with one attached hydrogen (secondary N) is 1. The van der Waals surface area contributed by atoms with Gasteiger partial charge in [0.15, 0.2) is 10.4 Å². The van der Waals surface area contributed by atoms with Crippen molar-refractivity contribution in [1.82, 2.24) is 5.32 Å². The lowest BCUT2D eigenvalue weighted by Gasteiger charge is -1.97. The number of hydrogen-bond acceptors (Lipinski definition) is 3. The average Bonchev–Trinajstić information content (AvgIpc) is 2.47. The van der Waals surface area contributed by atoms with E-state index in [1.54, 1.807) is 12.1 Å². The topological polar surface area (TPSA) is 62.5 Å². The van der Waals surface area contributed by atoms with Gasteiger partial charge in [-0.2, -0.15) is 0 Å². The molecule has 5 heteroatoms. The zero-order valence-corrected chi connectivity index (χ0v) is 7.80. The summed E-state index contributed by atoms with van der Waals surface area (Å²) in [6.07, 6.45) is 0. The first-order chi connectivity index (χ1) is 5.74. The van der Waals surface area contributed by atoms with Crippen LogP contribution in [-0.2, 0) is 0 Å². The molecule has 0 aromatic carbocycles. The number of furan rings is 1. The Bertz CT molecular complexity index is 271. The van der Waals surface area contributed by atoms with Crippen LogP contribution in [0, 0.1) is 0 Å². The van der Waals surface area contributed by atoms with E-state index in [0.29, 0.717) is 4.67 Å². The highest BCUT2D eigenvalue weighted by molar-refractivity contribution is 9.10. The van der Waals surface area contributed by atoms with Gasteiger partial charge in [-0.15, -0.1) is 0 Å². The predicted molar refractivity (Wildman–Crippen MR) is 45.8 cm³/mol. The van der Waals surface area contributed by atoms with E-state index in [1.807, 2.05) is 0 Å². The molecule has 0 radical (unpaired) electrons. The molecule has 12 heavy (non-hydrogen) atoms. The molecular weight excluding hydrogens is 226 g/mol. The Kier molecular flexibility index (Phi) is 3.31. The van der Waals surface area contributed by atoms with Gasteiger partial charge in [-0.25, -0.2) is 0 Å². The molecule has 66 valence electrons. The van der Waals surface area contributed by atoms with Gasteiger partial charge < -0.3 is 14.8 Å². The van der Waals surface area contributed by atoms with Gasteiger partial charge in [0.1, 0.15) is 0 Å². The number of aliphatic hydroxyl groups excluding tert-OH is 1. The molecule has 0 bridgehead atoms. The lowest BCUT2D eigenvalue weighted by atomic mass is 10.4. The van der Waals surface area contributed by atoms with Crippen molar-refractivity contribution in [3.05, 3.63) is 22.6 Å². The molecule has 0 atom stereocenters. The number of carbonyl (C=O) groups is 1. The summed E-state index contributed by atoms with van der Waals surface area (Å²) < 4.78 is 5.48. The van der Waals surface area contributed by atoms with Gasteiger partial charge in [0.2, 0.25) is 0 Å². The van der Waals surface area contributed by atoms with Crippen LogP contribution in [0.5, 0.6) is 0 Å². The lowest BCUT2D eigenvalue weighted by molar-refractivity contribution is 0.0916. The number of carbonyl (C=O) groups excluding carboxylic acids is 1. The summed E-state index contributed by atoms with van der Waals surface area (Å²) in [5.74, 6) is -0.0925. The molecule has 0 unspecified atom stereocenters. The minimum atomic E-state index is -0.324. The van der Waals surface area contributed by atoms with Gasteiger partial charge in [0, 0.05) is 6.54 Å². The maximum absolute atomic E-state index is 11.1. The lowest BCUT2D eigenvalue weighted by Crippen LogP contribution is -2.25. The van der Waals surface area contributed by atoms with Crippen molar-refractivity contribution < 1.29 is 14.3 Å². The summed E-state index contributed by atoms with van der Waals surface area (Å²) in [6.45, 7) is 0.158. The number of halogens is 1. The summed E-state index contributed by atoms with van der Waals surface area (Å²) in [7, 11) is 0. The van der Waals surface area contributed by atoms with Gasteiger partial charge in [-0.05, 0) is 28.1 Å². The first kappa shape index (κ1) is 9.28. The Balaban J connectivity index is 2.53. The van der Waals surface area contributed by atoms with Crippen molar-refractivity contribution in [3.63, 3.8) is 0 Å². The number of amides is 1. The van der Waals surface area contributed by atoms with Crippen molar-refractivity contribution in [2.24, 2.45) is 0 Å². The van der Waals surface area contributed by atoms with E-state index in [9.17, 15) is 4.79 Å². The fraction of sp³-hybridized carbons (Fsp3) is 0.286. The van der Waals surface area contributed by atoms with E-state index >= 15 is 0 Å². The zero-order valence-electron chi connectivity index (χ0n) is 6.21. The molecule has 0 aliphatic heterocycles. The molecule has 1 aromatic rings. The van der Waals surface area contributed by atoms with E-state index < -0.39 is 0 Å². The van der Waals surface area contributed by atoms with Crippen LogP contribution < -0.4 is 5.32 Å². The van der Waals surface area contributed by atoms with Crippen molar-refractivity contribution in [1.29, 1.82) is 0 Å². The molecule has 0 saturated carbocycles. The maximum Gasteiger partial charge on any atom is 0.287 e. The number of aliphatic hydroxyl groups is 1. The first-order valence-corrected chi connectivity index (χ1v) is 4.17. The molecule has 4 nitrogen and oxygen atoms in total. The standard InChI is InChI=1S/C7H8BrNO3/c8-6-2-1-5(12-6)7(11)9-3-4-10/h1-2,10H,3-4H2,(H,9,11). The van der Waals surface area contributed by atoms with Crippen LogP contribution in [0.3, 0.4) is 0 Å². The second-order valence-electron chi connectivity index (χ2n) is 2.08. The number of rotatable bonds is 3. The second-order valence-corrected chi connectivity index (χ2v) is 2.86. The van der Waals surface area contributed by atoms with E-state index in [1.165, 1.54) is 0 Å². The molecule has 0 aliphatic carbocycles. The maximum atomic E-state index is 11.1. The SMILES string of the molecule is O=C(NCCO)c1ccc(Br)o1. The number of hydrogen-bond donors (Lipinski definition) is 2. The van der Waals surface area contributed by atoms with E-state index in [-0.39, 0.29) is 24.8 Å². The third-order valence-corrected chi connectivity index (χ3v) is 1.62. The first-order valence-electron chi connectivity index (χ1n) is 3.38. The van der Waals surface area contributed by atoms with E-state index in [2.05, 4.69) is 21.2 Å². The van der Waals surface area contributed by atoms with Crippen LogP contribution in [0.2, 0.25) is 0 Å². The summed E-state index contributed by atoms with van der Waals surface area (Å²) in [5.41, 5.74) is 0. The summed E-state index contributed by atoms with van der Waals surface area (Å²) >= 11 is 3.07. The fourth-order valence-electron chi connectivity index (χ4n) is 0.693. The van der Waals surface area contributed by atoms with Crippen molar-refractivity contribution in [3.8, 4) is 0 Å². The minimum absolute atomic E-state index is 0.0758. The van der Waals surface area contributed by atoms with Crippen LogP contribution >= 0.6 is 15.9 Å². The summed E-state index contributed by atoms with van der Waals surface area (Å²) in [4.78, 5) is 11.1. The molecule has 0 aliphatic rings. The van der Waals surface area contributed by atoms with Gasteiger partial charge in [-0.3, -0.25) is 4.79 Å². The minimum Gasteiger partial charge on any atom is -0.444 e. The molecule has 2 N–H and O–H groups in total. The Morgan fingerprint density at radius 2 is 2.42 bits per heavy atom. The second kappa shape index (κ2) is 4.27. The molecule has 0 fully saturated rings. The van der Waals surface area contributed by atoms with Crippen LogP contribution in [0.1, 0.15) is 10.6 Å². The van der Waals surface area contributed by atoms with Crippen molar-refractivity contribution >= 4 is 21.8 Å². The molecule has 0 saturated heterocycles. The van der Waals surface area contributed by atoms with Crippen molar-refractivity contribution in [2.45, 2.75) is 0 Å². The van der Waals surface area contributed by atoms with Gasteiger partial charge in [0.25, 0.3) is 5.91 Å². The largest absolute Gasteiger partial charge is 0.444 e. The van der Waals surface area contributed by atoms with Gasteiger partial charge in [0.05, 0.1) is 6.61 Å². The molecule has 1 aromatic heterocycles. The third-order valence-electron chi connectivity index (χ3n) is 1.19. The quantitative estimate of drug-likeness (QED) is 0.811. The molecule has 0 spiro atoms. The van der Waals surface area contributed by atoms with Crippen LogP contribution in [0.4, 0.5) is 0 Å². The summed E-state index contributed by atoms with van der Waals surface area (Å²) in [6, 6.07) is 3.19. The average molecular weight is 234 g/mol. The Morgan fingerprint density at radius 3 is 2.92 bits per heavy atom. The Morgan fingerprint density at radius 1 is 1.67 bits per heavy atom. The smallest absolute Gasteiger partial charge is 0.287 e. The fourth-order valence-corrected chi connectivity index (χ4v) is 0.999. The Labute approximate surface area is 77.7 Å². The molecule has 1 amide bonds. The van der Waals surface area contributed by atoms with E-state index in [4.69, 9.17) is 9.52 Å². The molecule has 1 rings (SSSR count). The molecular formula is C7H8BrNO3. The monoisotopic (exact) mass is 233 g/mol. The Hall–Kier alpha value is -0.810. The molecule has 1 heterocycles. The zero-order chi connectivity index (χ0) is 8.97. The van der Waals surface area contributed by atoms with Crippen LogP contribution in [-0.4, -0.2) is 24.2 Å². The van der Waals surface area contributed by atoms with Gasteiger partial charge >= 0.3 is 0 Å². The normalized spacial score (nSPS) is 9.83. The van der Waals surface area contributed by atoms with E-state index in [0.717, 1.165) is 0 Å². The predicted octanol–water partition coefficient (Wildman–Crippen LogP) is 0.764. The summed E-state index contributed by atoms with van der Waals surface area (Å²) in [5, 5.41) is 10.9.